The van der Waals surface area contributed by atoms with Crippen molar-refractivity contribution in [3.05, 3.63) is 59.7 Å². The molecule has 2 aromatic carbocycles. The standard InChI is InChI=1S/C19H18ClNO4/c1-12(10-24-18(20)22)21-19(23)25-11-17-15-8-4-2-6-13(15)14-7-3-5-9-16(14)17/h2-9,12,17H,10-11H2,1H3,(H,21,23)/t12-/m0/s1. The van der Waals surface area contributed by atoms with E-state index in [2.05, 4.69) is 34.3 Å². The Morgan fingerprint density at radius 2 is 1.60 bits per heavy atom. The average molecular weight is 360 g/mol. The van der Waals surface area contributed by atoms with Gasteiger partial charge < -0.3 is 14.8 Å². The summed E-state index contributed by atoms with van der Waals surface area (Å²) < 4.78 is 10.0. The molecule has 0 heterocycles. The zero-order chi connectivity index (χ0) is 17.8. The van der Waals surface area contributed by atoms with Crippen LogP contribution in [0.1, 0.15) is 24.0 Å². The van der Waals surface area contributed by atoms with E-state index < -0.39 is 17.6 Å². The van der Waals surface area contributed by atoms with Crippen molar-refractivity contribution in [2.45, 2.75) is 18.9 Å². The molecule has 0 bridgehead atoms. The molecule has 2 aromatic rings. The first kappa shape index (κ1) is 17.3. The molecule has 0 fully saturated rings. The molecule has 1 amide bonds. The highest BCUT2D eigenvalue weighted by Crippen LogP contribution is 2.44. The molecule has 25 heavy (non-hydrogen) atoms. The van der Waals surface area contributed by atoms with Crippen LogP contribution in [0.4, 0.5) is 9.59 Å². The maximum Gasteiger partial charge on any atom is 0.407 e. The Bertz CT molecular complexity index is 747. The van der Waals surface area contributed by atoms with Crippen LogP contribution < -0.4 is 5.32 Å². The van der Waals surface area contributed by atoms with Gasteiger partial charge in [0.15, 0.2) is 0 Å². The summed E-state index contributed by atoms with van der Waals surface area (Å²) in [4.78, 5) is 22.5. The second-order valence-electron chi connectivity index (χ2n) is 5.92. The van der Waals surface area contributed by atoms with E-state index in [0.29, 0.717) is 0 Å². The minimum Gasteiger partial charge on any atom is -0.452 e. The van der Waals surface area contributed by atoms with E-state index >= 15 is 0 Å². The summed E-state index contributed by atoms with van der Waals surface area (Å²) in [5.41, 5.74) is 3.76. The number of halogens is 1. The number of hydrogen-bond acceptors (Lipinski definition) is 4. The van der Waals surface area contributed by atoms with E-state index in [0.717, 1.165) is 11.1 Å². The highest BCUT2D eigenvalue weighted by molar-refractivity contribution is 6.61. The molecule has 1 aliphatic rings. The molecule has 0 aromatic heterocycles. The van der Waals surface area contributed by atoms with Crippen LogP contribution in [0, 0.1) is 0 Å². The molecule has 0 spiro atoms. The van der Waals surface area contributed by atoms with Gasteiger partial charge in [-0.05, 0) is 29.2 Å². The van der Waals surface area contributed by atoms with Crippen molar-refractivity contribution in [2.24, 2.45) is 0 Å². The van der Waals surface area contributed by atoms with Gasteiger partial charge in [0.1, 0.15) is 13.2 Å². The van der Waals surface area contributed by atoms with Crippen molar-refractivity contribution in [2.75, 3.05) is 13.2 Å². The van der Waals surface area contributed by atoms with Gasteiger partial charge in [0.2, 0.25) is 0 Å². The summed E-state index contributed by atoms with van der Waals surface area (Å²) in [7, 11) is 0. The molecule has 5 nitrogen and oxygen atoms in total. The van der Waals surface area contributed by atoms with E-state index in [9.17, 15) is 9.59 Å². The number of amides is 1. The SMILES string of the molecule is C[C@@H](COC(=O)Cl)NC(=O)OCC1c2ccccc2-c2ccccc21. The smallest absolute Gasteiger partial charge is 0.407 e. The van der Waals surface area contributed by atoms with Crippen LogP contribution >= 0.6 is 11.6 Å². The van der Waals surface area contributed by atoms with Gasteiger partial charge in [-0.15, -0.1) is 0 Å². The Morgan fingerprint density at radius 1 is 1.04 bits per heavy atom. The lowest BCUT2D eigenvalue weighted by Gasteiger charge is -2.17. The van der Waals surface area contributed by atoms with Crippen molar-refractivity contribution in [1.29, 1.82) is 0 Å². The lowest BCUT2D eigenvalue weighted by atomic mass is 9.98. The Hall–Kier alpha value is -2.53. The second kappa shape index (κ2) is 7.57. The van der Waals surface area contributed by atoms with Gasteiger partial charge in [-0.25, -0.2) is 9.59 Å². The predicted octanol–water partition coefficient (Wildman–Crippen LogP) is 4.29. The number of carbonyl (C=O) groups excluding carboxylic acids is 2. The van der Waals surface area contributed by atoms with Crippen molar-refractivity contribution < 1.29 is 19.1 Å². The maximum absolute atomic E-state index is 12.0. The van der Waals surface area contributed by atoms with Crippen LogP contribution in [0.15, 0.2) is 48.5 Å². The van der Waals surface area contributed by atoms with Gasteiger partial charge in [-0.3, -0.25) is 0 Å². The molecule has 0 radical (unpaired) electrons. The van der Waals surface area contributed by atoms with Crippen LogP contribution in [-0.2, 0) is 9.47 Å². The third kappa shape index (κ3) is 3.94. The fourth-order valence-electron chi connectivity index (χ4n) is 3.07. The van der Waals surface area contributed by atoms with Crippen LogP contribution in [0.3, 0.4) is 0 Å². The van der Waals surface area contributed by atoms with E-state index in [1.807, 2.05) is 24.3 Å². The summed E-state index contributed by atoms with van der Waals surface area (Å²) >= 11 is 5.10. The maximum atomic E-state index is 12.0. The first-order valence-electron chi connectivity index (χ1n) is 8.00. The van der Waals surface area contributed by atoms with Gasteiger partial charge in [-0.1, -0.05) is 48.5 Å². The van der Waals surface area contributed by atoms with Gasteiger partial charge >= 0.3 is 11.5 Å². The molecule has 1 N–H and O–H groups in total. The van der Waals surface area contributed by atoms with Gasteiger partial charge in [0.25, 0.3) is 0 Å². The highest BCUT2D eigenvalue weighted by Gasteiger charge is 2.29. The molecule has 6 heteroatoms. The first-order valence-corrected chi connectivity index (χ1v) is 8.38. The zero-order valence-electron chi connectivity index (χ0n) is 13.7. The van der Waals surface area contributed by atoms with Crippen molar-refractivity contribution in [3.63, 3.8) is 0 Å². The molecule has 0 saturated carbocycles. The molecule has 130 valence electrons. The summed E-state index contributed by atoms with van der Waals surface area (Å²) in [6, 6.07) is 15.9. The number of alkyl carbamates (subject to hydrolysis) is 1. The normalized spacial score (nSPS) is 13.5. The summed E-state index contributed by atoms with van der Waals surface area (Å²) in [5, 5.41) is 2.61. The highest BCUT2D eigenvalue weighted by atomic mass is 35.5. The number of benzene rings is 2. The molecular formula is C19H18ClNO4. The van der Waals surface area contributed by atoms with Crippen molar-refractivity contribution in [1.82, 2.24) is 5.32 Å². The Labute approximate surface area is 150 Å². The van der Waals surface area contributed by atoms with Crippen molar-refractivity contribution in [3.8, 4) is 11.1 Å². The minimum absolute atomic E-state index is 0.00741. The number of rotatable bonds is 5. The van der Waals surface area contributed by atoms with Crippen LogP contribution in [0.25, 0.3) is 11.1 Å². The second-order valence-corrected chi connectivity index (χ2v) is 6.23. The predicted molar refractivity (Wildman–Crippen MR) is 94.9 cm³/mol. The third-order valence-electron chi connectivity index (χ3n) is 4.15. The number of ether oxygens (including phenoxy) is 2. The first-order chi connectivity index (χ1) is 12.1. The minimum atomic E-state index is -0.902. The fraction of sp³-hybridized carbons (Fsp3) is 0.263. The molecule has 3 rings (SSSR count). The monoisotopic (exact) mass is 359 g/mol. The number of nitrogens with one attached hydrogen (secondary N) is 1. The molecule has 1 atom stereocenters. The molecule has 0 unspecified atom stereocenters. The quantitative estimate of drug-likeness (QED) is 0.809. The lowest BCUT2D eigenvalue weighted by molar-refractivity contribution is 0.128. The average Bonchev–Trinajstić information content (AvgIpc) is 2.92. The zero-order valence-corrected chi connectivity index (χ0v) is 14.5. The Morgan fingerprint density at radius 3 is 2.16 bits per heavy atom. The fourth-order valence-corrected chi connectivity index (χ4v) is 3.14. The summed E-state index contributed by atoms with van der Waals surface area (Å²) in [5.74, 6) is 0.00845. The van der Waals surface area contributed by atoms with Crippen molar-refractivity contribution >= 4 is 23.1 Å². The van der Waals surface area contributed by atoms with Crippen LogP contribution in [-0.4, -0.2) is 30.8 Å². The van der Waals surface area contributed by atoms with E-state index in [1.165, 1.54) is 11.1 Å². The summed E-state index contributed by atoms with van der Waals surface area (Å²) in [6.45, 7) is 1.93. The third-order valence-corrected chi connectivity index (χ3v) is 4.26. The number of hydrogen-bond donors (Lipinski definition) is 1. The van der Waals surface area contributed by atoms with Gasteiger partial charge in [-0.2, -0.15) is 0 Å². The molecule has 1 aliphatic carbocycles. The van der Waals surface area contributed by atoms with Gasteiger partial charge in [0.05, 0.1) is 6.04 Å². The van der Waals surface area contributed by atoms with Crippen LogP contribution in [0.5, 0.6) is 0 Å². The van der Waals surface area contributed by atoms with Crippen LogP contribution in [0.2, 0.25) is 0 Å². The number of fused-ring (bicyclic) bond motifs is 3. The molecular weight excluding hydrogens is 342 g/mol. The lowest BCUT2D eigenvalue weighted by Crippen LogP contribution is -2.37. The van der Waals surface area contributed by atoms with E-state index in [1.54, 1.807) is 6.92 Å². The van der Waals surface area contributed by atoms with E-state index in [-0.39, 0.29) is 19.1 Å². The Balaban J connectivity index is 1.63. The van der Waals surface area contributed by atoms with E-state index in [4.69, 9.17) is 16.3 Å². The topological polar surface area (TPSA) is 64.6 Å². The largest absolute Gasteiger partial charge is 0.452 e. The summed E-state index contributed by atoms with van der Waals surface area (Å²) in [6.07, 6.45) is -0.556. The van der Waals surface area contributed by atoms with Gasteiger partial charge in [0, 0.05) is 17.5 Å². The Kier molecular flexibility index (Phi) is 5.24. The number of carbonyl (C=O) groups is 2. The molecule has 0 saturated heterocycles. The molecule has 0 aliphatic heterocycles.